The van der Waals surface area contributed by atoms with Crippen LogP contribution in [-0.2, 0) is 0 Å². The molecule has 0 aliphatic carbocycles. The molecule has 0 fully saturated rings. The van der Waals surface area contributed by atoms with Gasteiger partial charge in [0.15, 0.2) is 0 Å². The molecule has 0 radical (unpaired) electrons. The fraction of sp³-hybridized carbons (Fsp3) is 0. The van der Waals surface area contributed by atoms with E-state index in [0.717, 1.165) is 0 Å². The van der Waals surface area contributed by atoms with Crippen LogP contribution in [0.3, 0.4) is 0 Å². The van der Waals surface area contributed by atoms with Gasteiger partial charge in [-0.1, -0.05) is 11.6 Å². The molecule has 0 amide bonds. The lowest BCUT2D eigenvalue weighted by atomic mass is 10.3. The van der Waals surface area contributed by atoms with Crippen molar-refractivity contribution in [2.45, 2.75) is 0 Å². The SMILES string of the molecule is Nc1ccc(Oc2cccnc2)c(Cl)c1. The number of pyridine rings is 1. The molecule has 0 aliphatic rings. The maximum atomic E-state index is 5.95. The molecule has 4 heteroatoms. The highest BCUT2D eigenvalue weighted by molar-refractivity contribution is 6.32. The summed E-state index contributed by atoms with van der Waals surface area (Å²) in [7, 11) is 0. The van der Waals surface area contributed by atoms with Crippen molar-refractivity contribution in [3.63, 3.8) is 0 Å². The number of rotatable bonds is 2. The molecule has 0 spiro atoms. The third-order valence-electron chi connectivity index (χ3n) is 1.82. The van der Waals surface area contributed by atoms with Crippen molar-refractivity contribution in [1.82, 2.24) is 4.98 Å². The van der Waals surface area contributed by atoms with Crippen LogP contribution in [0.4, 0.5) is 5.69 Å². The van der Waals surface area contributed by atoms with Gasteiger partial charge in [-0.25, -0.2) is 0 Å². The average molecular weight is 221 g/mol. The second kappa shape index (κ2) is 4.19. The van der Waals surface area contributed by atoms with Crippen LogP contribution < -0.4 is 10.5 Å². The minimum atomic E-state index is 0.485. The van der Waals surface area contributed by atoms with Crippen molar-refractivity contribution < 1.29 is 4.74 Å². The van der Waals surface area contributed by atoms with E-state index in [9.17, 15) is 0 Å². The smallest absolute Gasteiger partial charge is 0.146 e. The van der Waals surface area contributed by atoms with Gasteiger partial charge in [0.1, 0.15) is 11.5 Å². The molecule has 3 nitrogen and oxygen atoms in total. The zero-order chi connectivity index (χ0) is 10.7. The maximum absolute atomic E-state index is 5.95. The number of benzene rings is 1. The lowest BCUT2D eigenvalue weighted by Crippen LogP contribution is -1.88. The second-order valence-corrected chi connectivity index (χ2v) is 3.39. The molecule has 1 aromatic heterocycles. The van der Waals surface area contributed by atoms with E-state index in [1.165, 1.54) is 0 Å². The maximum Gasteiger partial charge on any atom is 0.146 e. The Morgan fingerprint density at radius 3 is 2.80 bits per heavy atom. The van der Waals surface area contributed by atoms with Crippen LogP contribution in [0.5, 0.6) is 11.5 Å². The van der Waals surface area contributed by atoms with E-state index in [1.54, 1.807) is 42.7 Å². The number of aromatic nitrogens is 1. The van der Waals surface area contributed by atoms with Crippen LogP contribution in [0.25, 0.3) is 0 Å². The number of hydrogen-bond acceptors (Lipinski definition) is 3. The molecule has 1 aromatic carbocycles. The summed E-state index contributed by atoms with van der Waals surface area (Å²) in [6.45, 7) is 0. The molecule has 0 unspecified atom stereocenters. The first-order chi connectivity index (χ1) is 7.25. The summed E-state index contributed by atoms with van der Waals surface area (Å²) >= 11 is 5.95. The Bertz CT molecular complexity index is 459. The van der Waals surface area contributed by atoms with Crippen molar-refractivity contribution in [2.24, 2.45) is 0 Å². The fourth-order valence-electron chi connectivity index (χ4n) is 1.13. The summed E-state index contributed by atoms with van der Waals surface area (Å²) in [5, 5.41) is 0.485. The van der Waals surface area contributed by atoms with Crippen molar-refractivity contribution in [1.29, 1.82) is 0 Å². The van der Waals surface area contributed by atoms with Crippen molar-refractivity contribution in [3.8, 4) is 11.5 Å². The highest BCUT2D eigenvalue weighted by Crippen LogP contribution is 2.30. The summed E-state index contributed by atoms with van der Waals surface area (Å²) < 4.78 is 5.51. The van der Waals surface area contributed by atoms with Crippen molar-refractivity contribution >= 4 is 17.3 Å². The van der Waals surface area contributed by atoms with E-state index in [-0.39, 0.29) is 0 Å². The minimum Gasteiger partial charge on any atom is -0.454 e. The molecular formula is C11H9ClN2O. The molecule has 15 heavy (non-hydrogen) atoms. The highest BCUT2D eigenvalue weighted by atomic mass is 35.5. The summed E-state index contributed by atoms with van der Waals surface area (Å²) in [6.07, 6.45) is 3.30. The van der Waals surface area contributed by atoms with E-state index in [0.29, 0.717) is 22.2 Å². The van der Waals surface area contributed by atoms with E-state index in [2.05, 4.69) is 4.98 Å². The average Bonchev–Trinajstić information content (AvgIpc) is 2.24. The van der Waals surface area contributed by atoms with E-state index < -0.39 is 0 Å². The molecule has 2 rings (SSSR count). The molecule has 2 N–H and O–H groups in total. The van der Waals surface area contributed by atoms with Gasteiger partial charge in [-0.2, -0.15) is 0 Å². The predicted octanol–water partition coefficient (Wildman–Crippen LogP) is 3.11. The van der Waals surface area contributed by atoms with Gasteiger partial charge in [0.2, 0.25) is 0 Å². The largest absolute Gasteiger partial charge is 0.454 e. The Morgan fingerprint density at radius 1 is 1.27 bits per heavy atom. The summed E-state index contributed by atoms with van der Waals surface area (Å²) in [5.74, 6) is 1.21. The van der Waals surface area contributed by atoms with Crippen LogP contribution in [0.2, 0.25) is 5.02 Å². The first-order valence-corrected chi connectivity index (χ1v) is 4.76. The molecule has 0 saturated heterocycles. The third kappa shape index (κ3) is 2.39. The van der Waals surface area contributed by atoms with Gasteiger partial charge in [-0.3, -0.25) is 4.98 Å². The molecule has 0 bridgehead atoms. The normalized spacial score (nSPS) is 9.93. The van der Waals surface area contributed by atoms with E-state index in [1.807, 2.05) is 0 Å². The summed E-state index contributed by atoms with van der Waals surface area (Å²) in [6, 6.07) is 8.70. The van der Waals surface area contributed by atoms with Crippen LogP contribution in [0, 0.1) is 0 Å². The zero-order valence-electron chi connectivity index (χ0n) is 7.85. The molecule has 0 atom stereocenters. The van der Waals surface area contributed by atoms with Gasteiger partial charge >= 0.3 is 0 Å². The van der Waals surface area contributed by atoms with E-state index >= 15 is 0 Å². The highest BCUT2D eigenvalue weighted by Gasteiger charge is 2.02. The molecule has 0 saturated carbocycles. The molecule has 1 heterocycles. The first-order valence-electron chi connectivity index (χ1n) is 4.38. The van der Waals surface area contributed by atoms with Crippen molar-refractivity contribution in [2.75, 3.05) is 5.73 Å². The van der Waals surface area contributed by atoms with Crippen LogP contribution in [0.1, 0.15) is 0 Å². The van der Waals surface area contributed by atoms with Crippen molar-refractivity contribution in [3.05, 3.63) is 47.7 Å². The fourth-order valence-corrected chi connectivity index (χ4v) is 1.36. The van der Waals surface area contributed by atoms with Gasteiger partial charge in [0, 0.05) is 11.9 Å². The quantitative estimate of drug-likeness (QED) is 0.792. The second-order valence-electron chi connectivity index (χ2n) is 2.98. The minimum absolute atomic E-state index is 0.485. The molecule has 0 aliphatic heterocycles. The first kappa shape index (κ1) is 9.80. The summed E-state index contributed by atoms with van der Waals surface area (Å²) in [4.78, 5) is 3.94. The van der Waals surface area contributed by atoms with Crippen LogP contribution in [-0.4, -0.2) is 4.98 Å². The van der Waals surface area contributed by atoms with Crippen LogP contribution in [0.15, 0.2) is 42.7 Å². The summed E-state index contributed by atoms with van der Waals surface area (Å²) in [5.41, 5.74) is 6.18. The van der Waals surface area contributed by atoms with Gasteiger partial charge in [-0.05, 0) is 30.3 Å². The molecule has 2 aromatic rings. The monoisotopic (exact) mass is 220 g/mol. The van der Waals surface area contributed by atoms with Gasteiger partial charge in [0.25, 0.3) is 0 Å². The van der Waals surface area contributed by atoms with Crippen LogP contribution >= 0.6 is 11.6 Å². The topological polar surface area (TPSA) is 48.1 Å². The number of halogens is 1. The third-order valence-corrected chi connectivity index (χ3v) is 2.11. The lowest BCUT2D eigenvalue weighted by Gasteiger charge is -2.06. The number of nitrogens with two attached hydrogens (primary N) is 1. The van der Waals surface area contributed by atoms with Gasteiger partial charge in [0.05, 0.1) is 11.2 Å². The number of nitrogen functional groups attached to an aromatic ring is 1. The number of nitrogens with zero attached hydrogens (tertiary/aromatic N) is 1. The Morgan fingerprint density at radius 2 is 2.13 bits per heavy atom. The van der Waals surface area contributed by atoms with Gasteiger partial charge in [-0.15, -0.1) is 0 Å². The predicted molar refractivity (Wildman–Crippen MR) is 60.2 cm³/mol. The number of anilines is 1. The standard InChI is InChI=1S/C11H9ClN2O/c12-10-6-8(13)3-4-11(10)15-9-2-1-5-14-7-9/h1-7H,13H2. The molecule has 76 valence electrons. The van der Waals surface area contributed by atoms with E-state index in [4.69, 9.17) is 22.1 Å². The zero-order valence-corrected chi connectivity index (χ0v) is 8.61. The Labute approximate surface area is 92.5 Å². The number of ether oxygens (including phenoxy) is 1. The Hall–Kier alpha value is -1.74. The molecular weight excluding hydrogens is 212 g/mol. The lowest BCUT2D eigenvalue weighted by molar-refractivity contribution is 0.480. The van der Waals surface area contributed by atoms with Gasteiger partial charge < -0.3 is 10.5 Å². The Kier molecular flexibility index (Phi) is 2.74. The number of hydrogen-bond donors (Lipinski definition) is 1. The Balaban J connectivity index is 2.25.